The molecule has 0 unspecified atom stereocenters. The molecule has 5 nitrogen and oxygen atoms in total. The first-order valence-corrected chi connectivity index (χ1v) is 8.57. The van der Waals surface area contributed by atoms with Crippen LogP contribution in [0.1, 0.15) is 23.2 Å². The van der Waals surface area contributed by atoms with Gasteiger partial charge in [0.25, 0.3) is 0 Å². The fourth-order valence-corrected chi connectivity index (χ4v) is 2.88. The molecule has 0 amide bonds. The Bertz CT molecular complexity index is 809. The molecule has 0 aliphatic rings. The molecule has 0 saturated carbocycles. The smallest absolute Gasteiger partial charge is 0.242 e. The van der Waals surface area contributed by atoms with Crippen molar-refractivity contribution in [1.82, 2.24) is 14.8 Å². The lowest BCUT2D eigenvalue weighted by Crippen LogP contribution is -2.01. The van der Waals surface area contributed by atoms with E-state index in [9.17, 15) is 0 Å². The van der Waals surface area contributed by atoms with Gasteiger partial charge in [-0.05, 0) is 30.7 Å². The number of benzene rings is 1. The number of aromatic nitrogens is 3. The normalized spacial score (nSPS) is 11.2. The Morgan fingerprint density at radius 3 is 2.75 bits per heavy atom. The second-order valence-corrected chi connectivity index (χ2v) is 6.02. The van der Waals surface area contributed by atoms with Crippen LogP contribution in [0.15, 0.2) is 41.9 Å². The van der Waals surface area contributed by atoms with Gasteiger partial charge in [0.15, 0.2) is 6.79 Å². The van der Waals surface area contributed by atoms with Gasteiger partial charge in [-0.2, -0.15) is 0 Å². The van der Waals surface area contributed by atoms with Crippen molar-refractivity contribution in [3.8, 4) is 11.6 Å². The van der Waals surface area contributed by atoms with E-state index in [1.165, 1.54) is 0 Å². The molecule has 0 N–H and O–H groups in total. The lowest BCUT2D eigenvalue weighted by Gasteiger charge is -2.01. The van der Waals surface area contributed by atoms with E-state index < -0.39 is 0 Å². The summed E-state index contributed by atoms with van der Waals surface area (Å²) >= 11 is 1.67. The van der Waals surface area contributed by atoms with Crippen molar-refractivity contribution in [2.24, 2.45) is 0 Å². The third kappa shape index (κ3) is 3.90. The second kappa shape index (κ2) is 7.90. The summed E-state index contributed by atoms with van der Waals surface area (Å²) in [6.07, 6.45) is 6.82. The van der Waals surface area contributed by atoms with Crippen LogP contribution >= 0.6 is 11.3 Å². The van der Waals surface area contributed by atoms with Gasteiger partial charge in [-0.15, -0.1) is 16.4 Å². The van der Waals surface area contributed by atoms with Crippen LogP contribution in [0, 0.1) is 0 Å². The number of para-hydroxylation sites is 1. The van der Waals surface area contributed by atoms with Crippen molar-refractivity contribution < 1.29 is 9.47 Å². The van der Waals surface area contributed by atoms with Crippen LogP contribution in [-0.4, -0.2) is 28.7 Å². The zero-order chi connectivity index (χ0) is 16.8. The third-order valence-electron chi connectivity index (χ3n) is 3.35. The highest BCUT2D eigenvalue weighted by Crippen LogP contribution is 2.22. The van der Waals surface area contributed by atoms with E-state index >= 15 is 0 Å². The number of hydrogen-bond donors (Lipinski definition) is 0. The van der Waals surface area contributed by atoms with Crippen molar-refractivity contribution in [3.05, 3.63) is 58.2 Å². The van der Waals surface area contributed by atoms with Crippen molar-refractivity contribution in [2.75, 3.05) is 13.9 Å². The topological polar surface area (TPSA) is 49.2 Å². The highest BCUT2D eigenvalue weighted by Gasteiger charge is 2.09. The van der Waals surface area contributed by atoms with Crippen LogP contribution in [0.3, 0.4) is 0 Å². The molecule has 124 valence electrons. The van der Waals surface area contributed by atoms with Crippen molar-refractivity contribution in [1.29, 1.82) is 0 Å². The molecule has 2 heterocycles. The number of ether oxygens (including phenoxy) is 2. The van der Waals surface area contributed by atoms with Gasteiger partial charge in [-0.25, -0.2) is 9.67 Å². The molecule has 0 aliphatic carbocycles. The average Bonchev–Trinajstić information content (AvgIpc) is 3.25. The van der Waals surface area contributed by atoms with Crippen molar-refractivity contribution in [3.63, 3.8) is 0 Å². The molecule has 0 atom stereocenters. The van der Waals surface area contributed by atoms with E-state index in [0.717, 1.165) is 28.4 Å². The molecule has 0 radical (unpaired) electrons. The molecule has 0 bridgehead atoms. The molecule has 0 spiro atoms. The largest absolute Gasteiger partial charge is 0.449 e. The number of rotatable bonds is 7. The van der Waals surface area contributed by atoms with E-state index in [4.69, 9.17) is 9.47 Å². The highest BCUT2D eigenvalue weighted by atomic mass is 32.1. The Kier molecular flexibility index (Phi) is 5.40. The number of thiazole rings is 1. The summed E-state index contributed by atoms with van der Waals surface area (Å²) in [6.45, 7) is 2.26. The highest BCUT2D eigenvalue weighted by molar-refractivity contribution is 7.09. The van der Waals surface area contributed by atoms with E-state index in [1.54, 1.807) is 23.1 Å². The van der Waals surface area contributed by atoms with Crippen LogP contribution in [0.25, 0.3) is 17.8 Å². The van der Waals surface area contributed by atoms with Gasteiger partial charge in [-0.3, -0.25) is 0 Å². The molecule has 1 aromatic carbocycles. The van der Waals surface area contributed by atoms with Crippen molar-refractivity contribution in [2.45, 2.75) is 13.3 Å². The lowest BCUT2D eigenvalue weighted by atomic mass is 10.3. The Hall–Kier alpha value is -2.44. The molecule has 0 saturated heterocycles. The van der Waals surface area contributed by atoms with Gasteiger partial charge in [-0.1, -0.05) is 25.1 Å². The quantitative estimate of drug-likeness (QED) is 0.609. The van der Waals surface area contributed by atoms with Gasteiger partial charge in [0.2, 0.25) is 5.88 Å². The Labute approximate surface area is 145 Å². The first-order valence-electron chi connectivity index (χ1n) is 7.69. The number of methoxy groups -OCH3 is 1. The molecule has 3 aromatic rings. The van der Waals surface area contributed by atoms with E-state index in [1.807, 2.05) is 54.1 Å². The summed E-state index contributed by atoms with van der Waals surface area (Å²) in [5.41, 5.74) is 2.80. The molecule has 24 heavy (non-hydrogen) atoms. The van der Waals surface area contributed by atoms with E-state index in [2.05, 4.69) is 17.0 Å². The zero-order valence-electron chi connectivity index (χ0n) is 13.7. The molecule has 6 heteroatoms. The Morgan fingerprint density at radius 1 is 1.21 bits per heavy atom. The summed E-state index contributed by atoms with van der Waals surface area (Å²) in [7, 11) is 1.59. The fraction of sp³-hybridized carbons (Fsp3) is 0.222. The predicted octanol–water partition coefficient (Wildman–Crippen LogP) is 4.04. The van der Waals surface area contributed by atoms with Crippen molar-refractivity contribution >= 4 is 23.5 Å². The number of aryl methyl sites for hydroxylation is 1. The molecule has 2 aromatic heterocycles. The van der Waals surface area contributed by atoms with Crippen LogP contribution in [0.4, 0.5) is 0 Å². The molecule has 3 rings (SSSR count). The third-order valence-corrected chi connectivity index (χ3v) is 4.36. The fourth-order valence-electron chi connectivity index (χ4n) is 2.16. The maximum atomic E-state index is 5.58. The first kappa shape index (κ1) is 16.4. The SMILES string of the molecule is CCc1nc(C=Cc2cn(-c3ccccc3)nc2OCOC)cs1. The van der Waals surface area contributed by atoms with Gasteiger partial charge in [0.1, 0.15) is 0 Å². The van der Waals surface area contributed by atoms with Crippen LogP contribution in [-0.2, 0) is 11.2 Å². The summed E-state index contributed by atoms with van der Waals surface area (Å²) in [5, 5.41) is 7.68. The zero-order valence-corrected chi connectivity index (χ0v) is 14.5. The molecular formula is C18H19N3O2S. The molecule has 0 aliphatic heterocycles. The van der Waals surface area contributed by atoms with Gasteiger partial charge < -0.3 is 9.47 Å². The average molecular weight is 341 g/mol. The number of nitrogens with zero attached hydrogens (tertiary/aromatic N) is 3. The minimum Gasteiger partial charge on any atom is -0.449 e. The van der Waals surface area contributed by atoms with Crippen LogP contribution < -0.4 is 4.74 Å². The van der Waals surface area contributed by atoms with E-state index in [0.29, 0.717) is 5.88 Å². The standard InChI is InChI=1S/C18H19N3O2S/c1-3-17-19-15(12-24-17)10-9-14-11-21(16-7-5-4-6-8-16)20-18(14)23-13-22-2/h4-12H,3,13H2,1-2H3. The summed E-state index contributed by atoms with van der Waals surface area (Å²) in [6, 6.07) is 9.92. The number of hydrogen-bond acceptors (Lipinski definition) is 5. The van der Waals surface area contributed by atoms with Gasteiger partial charge >= 0.3 is 0 Å². The lowest BCUT2D eigenvalue weighted by molar-refractivity contribution is 0.0474. The Morgan fingerprint density at radius 2 is 2.04 bits per heavy atom. The molecule has 0 fully saturated rings. The van der Waals surface area contributed by atoms with E-state index in [-0.39, 0.29) is 6.79 Å². The predicted molar refractivity (Wildman–Crippen MR) is 96.5 cm³/mol. The van der Waals surface area contributed by atoms with Gasteiger partial charge in [0, 0.05) is 18.7 Å². The Balaban J connectivity index is 1.88. The second-order valence-electron chi connectivity index (χ2n) is 5.07. The van der Waals surface area contributed by atoms with Gasteiger partial charge in [0.05, 0.1) is 22.0 Å². The summed E-state index contributed by atoms with van der Waals surface area (Å²) in [4.78, 5) is 4.54. The summed E-state index contributed by atoms with van der Waals surface area (Å²) in [5.74, 6) is 0.530. The maximum absolute atomic E-state index is 5.58. The van der Waals surface area contributed by atoms with Crippen LogP contribution in [0.2, 0.25) is 0 Å². The summed E-state index contributed by atoms with van der Waals surface area (Å²) < 4.78 is 12.4. The first-order chi connectivity index (χ1) is 11.8. The monoisotopic (exact) mass is 341 g/mol. The maximum Gasteiger partial charge on any atom is 0.242 e. The molecular weight excluding hydrogens is 322 g/mol. The minimum absolute atomic E-state index is 0.156. The van der Waals surface area contributed by atoms with Crippen LogP contribution in [0.5, 0.6) is 5.88 Å². The minimum atomic E-state index is 0.156.